The van der Waals surface area contributed by atoms with Crippen LogP contribution in [-0.4, -0.2) is 40.6 Å². The van der Waals surface area contributed by atoms with Crippen molar-refractivity contribution in [3.05, 3.63) is 0 Å². The number of rotatable bonds is 20. The van der Waals surface area contributed by atoms with E-state index in [4.69, 9.17) is 11.6 Å². The Bertz CT molecular complexity index is 298. The Morgan fingerprint density at radius 3 is 1.54 bits per heavy atom. The van der Waals surface area contributed by atoms with Gasteiger partial charge in [0.1, 0.15) is 0 Å². The van der Waals surface area contributed by atoms with Crippen molar-refractivity contribution in [2.45, 2.75) is 142 Å². The molecule has 0 saturated heterocycles. The second-order valence-corrected chi connectivity index (χ2v) is 9.09. The molecule has 0 aliphatic rings. The minimum atomic E-state index is -0.244. The molecule has 0 aliphatic heterocycles. The van der Waals surface area contributed by atoms with Crippen molar-refractivity contribution in [2.75, 3.05) is 13.1 Å². The highest BCUT2D eigenvalue weighted by molar-refractivity contribution is 6.20. The van der Waals surface area contributed by atoms with E-state index < -0.39 is 0 Å². The summed E-state index contributed by atoms with van der Waals surface area (Å²) >= 11 is 6.64. The molecule has 0 fully saturated rings. The Balaban J connectivity index is 0. The molecule has 0 saturated carbocycles. The largest absolute Gasteiger partial charge is 0.393 e. The average Bonchev–Trinajstić information content (AvgIpc) is 2.63. The molecule has 3 atom stereocenters. The fourth-order valence-corrected chi connectivity index (χ4v) is 4.51. The topological polar surface area (TPSA) is 23.5 Å². The van der Waals surface area contributed by atoms with E-state index in [0.29, 0.717) is 6.04 Å². The maximum Gasteiger partial charge on any atom is 0.0527 e. The minimum absolute atomic E-state index is 0. The summed E-state index contributed by atoms with van der Waals surface area (Å²) in [5, 5.41) is 10.0. The number of halogens is 2. The van der Waals surface area contributed by atoms with Crippen LogP contribution in [-0.2, 0) is 0 Å². The summed E-state index contributed by atoms with van der Waals surface area (Å²) in [7, 11) is 0. The van der Waals surface area contributed by atoms with Crippen molar-refractivity contribution in [3.8, 4) is 0 Å². The van der Waals surface area contributed by atoms with Gasteiger partial charge < -0.3 is 10.0 Å². The highest BCUT2D eigenvalue weighted by Gasteiger charge is 2.21. The lowest BCUT2D eigenvalue weighted by Gasteiger charge is -2.32. The lowest BCUT2D eigenvalue weighted by atomic mass is 9.99. The van der Waals surface area contributed by atoms with Gasteiger partial charge in [-0.3, -0.25) is 0 Å². The van der Waals surface area contributed by atoms with Gasteiger partial charge in [0.25, 0.3) is 0 Å². The zero-order chi connectivity index (χ0) is 20.3. The zero-order valence-electron chi connectivity index (χ0n) is 19.4. The molecule has 0 rings (SSSR count). The number of aliphatic hydroxyl groups is 1. The Hall–Kier alpha value is 0.500. The van der Waals surface area contributed by atoms with Crippen LogP contribution < -0.4 is 0 Å². The molecule has 0 aliphatic carbocycles. The van der Waals surface area contributed by atoms with Crippen LogP contribution in [0.15, 0.2) is 0 Å². The predicted octanol–water partition coefficient (Wildman–Crippen LogP) is 7.98. The van der Waals surface area contributed by atoms with Crippen molar-refractivity contribution < 1.29 is 5.11 Å². The lowest BCUT2D eigenvalue weighted by molar-refractivity contribution is 0.112. The van der Waals surface area contributed by atoms with Crippen LogP contribution in [0, 0.1) is 0 Å². The zero-order valence-corrected chi connectivity index (χ0v) is 21.0. The first-order valence-corrected chi connectivity index (χ1v) is 12.5. The maximum atomic E-state index is 9.79. The molecule has 0 heterocycles. The molecule has 0 aromatic heterocycles. The fraction of sp³-hybridized carbons (Fsp3) is 1.00. The summed E-state index contributed by atoms with van der Waals surface area (Å²) in [5.74, 6) is 0. The molecule has 1 N–H and O–H groups in total. The summed E-state index contributed by atoms with van der Waals surface area (Å²) in [5.41, 5.74) is 0. The molecule has 3 unspecified atom stereocenters. The smallest absolute Gasteiger partial charge is 0.0527 e. The molecule has 0 aromatic rings. The molecule has 0 aromatic carbocycles. The van der Waals surface area contributed by atoms with E-state index in [2.05, 4.69) is 25.7 Å². The van der Waals surface area contributed by atoms with Crippen LogP contribution in [0.2, 0.25) is 0 Å². The highest BCUT2D eigenvalue weighted by Crippen LogP contribution is 2.21. The molecule has 2 nitrogen and oxygen atoms in total. The molecule has 4 heteroatoms. The SMILES string of the molecule is CCCCCCCCCCCCCCC(Cl)CC(CC(C)O)N(CC)CC.Cl. The van der Waals surface area contributed by atoms with Gasteiger partial charge in [0.05, 0.1) is 6.10 Å². The maximum absolute atomic E-state index is 9.79. The Kier molecular flexibility index (Phi) is 24.3. The molecule has 0 amide bonds. The molecular formula is C24H51Cl2NO. The number of alkyl halides is 1. The van der Waals surface area contributed by atoms with Crippen LogP contribution >= 0.6 is 24.0 Å². The standard InChI is InChI=1S/C24H50ClNO.ClH/c1-5-8-9-10-11-12-13-14-15-16-17-18-19-23(25)21-24(20-22(4)27)26(6-2)7-3;/h22-24,27H,5-21H2,1-4H3;1H. The van der Waals surface area contributed by atoms with Gasteiger partial charge in [-0.25, -0.2) is 0 Å². The Morgan fingerprint density at radius 2 is 1.14 bits per heavy atom. The van der Waals surface area contributed by atoms with Crippen LogP contribution in [0.1, 0.15) is 124 Å². The third-order valence-electron chi connectivity index (χ3n) is 5.84. The Morgan fingerprint density at radius 1 is 0.714 bits per heavy atom. The van der Waals surface area contributed by atoms with Crippen LogP contribution in [0.25, 0.3) is 0 Å². The van der Waals surface area contributed by atoms with Gasteiger partial charge in [0.2, 0.25) is 0 Å². The van der Waals surface area contributed by atoms with Crippen LogP contribution in [0.4, 0.5) is 0 Å². The molecule has 28 heavy (non-hydrogen) atoms. The van der Waals surface area contributed by atoms with Crippen molar-refractivity contribution in [2.24, 2.45) is 0 Å². The molecule has 0 radical (unpaired) electrons. The van der Waals surface area contributed by atoms with Gasteiger partial charge in [-0.05, 0) is 39.3 Å². The van der Waals surface area contributed by atoms with Gasteiger partial charge in [0.15, 0.2) is 0 Å². The van der Waals surface area contributed by atoms with E-state index in [1.165, 1.54) is 77.0 Å². The van der Waals surface area contributed by atoms with Crippen molar-refractivity contribution in [1.29, 1.82) is 0 Å². The summed E-state index contributed by atoms with van der Waals surface area (Å²) in [4.78, 5) is 2.45. The van der Waals surface area contributed by atoms with Gasteiger partial charge >= 0.3 is 0 Å². The van der Waals surface area contributed by atoms with E-state index in [0.717, 1.165) is 32.4 Å². The monoisotopic (exact) mass is 439 g/mol. The quantitative estimate of drug-likeness (QED) is 0.153. The number of unbranched alkanes of at least 4 members (excludes halogenated alkanes) is 11. The number of hydrogen-bond acceptors (Lipinski definition) is 2. The lowest BCUT2D eigenvalue weighted by Crippen LogP contribution is -2.38. The third kappa shape index (κ3) is 18.5. The molecule has 0 bridgehead atoms. The first-order chi connectivity index (χ1) is 13.0. The molecule has 0 spiro atoms. The highest BCUT2D eigenvalue weighted by atomic mass is 35.5. The van der Waals surface area contributed by atoms with E-state index in [9.17, 15) is 5.11 Å². The van der Waals surface area contributed by atoms with E-state index in [1.54, 1.807) is 0 Å². The van der Waals surface area contributed by atoms with Crippen LogP contribution in [0.5, 0.6) is 0 Å². The molecule has 172 valence electrons. The second-order valence-electron chi connectivity index (χ2n) is 8.47. The average molecular weight is 441 g/mol. The summed E-state index contributed by atoms with van der Waals surface area (Å²) in [6.45, 7) is 10.7. The fourth-order valence-electron chi connectivity index (χ4n) is 4.15. The predicted molar refractivity (Wildman–Crippen MR) is 130 cm³/mol. The first kappa shape index (κ1) is 30.7. The summed E-state index contributed by atoms with van der Waals surface area (Å²) < 4.78 is 0. The van der Waals surface area contributed by atoms with Crippen molar-refractivity contribution in [1.82, 2.24) is 4.90 Å². The van der Waals surface area contributed by atoms with Gasteiger partial charge in [-0.2, -0.15) is 0 Å². The number of nitrogens with zero attached hydrogens (tertiary/aromatic N) is 1. The van der Waals surface area contributed by atoms with Crippen molar-refractivity contribution in [3.63, 3.8) is 0 Å². The number of aliphatic hydroxyl groups excluding tert-OH is 1. The molecular weight excluding hydrogens is 389 g/mol. The van der Waals surface area contributed by atoms with Gasteiger partial charge in [-0.1, -0.05) is 97.8 Å². The van der Waals surface area contributed by atoms with Gasteiger partial charge in [-0.15, -0.1) is 24.0 Å². The third-order valence-corrected chi connectivity index (χ3v) is 6.24. The Labute approximate surface area is 188 Å². The van der Waals surface area contributed by atoms with Crippen molar-refractivity contribution >= 4 is 24.0 Å². The van der Waals surface area contributed by atoms with E-state index in [1.807, 2.05) is 6.92 Å². The minimum Gasteiger partial charge on any atom is -0.393 e. The van der Waals surface area contributed by atoms with Crippen LogP contribution in [0.3, 0.4) is 0 Å². The normalized spacial score (nSPS) is 14.7. The number of hydrogen-bond donors (Lipinski definition) is 1. The summed E-state index contributed by atoms with van der Waals surface area (Å²) in [6.07, 6.45) is 19.4. The van der Waals surface area contributed by atoms with E-state index in [-0.39, 0.29) is 23.9 Å². The first-order valence-electron chi connectivity index (χ1n) is 12.1. The van der Waals surface area contributed by atoms with Gasteiger partial charge in [0, 0.05) is 11.4 Å². The van der Waals surface area contributed by atoms with E-state index >= 15 is 0 Å². The second kappa shape index (κ2) is 22.2. The summed E-state index contributed by atoms with van der Waals surface area (Å²) in [6, 6.07) is 0.417.